The number of nitrogens with zero attached hydrogens (tertiary/aromatic N) is 5. The predicted octanol–water partition coefficient (Wildman–Crippen LogP) is 3.21. The van der Waals surface area contributed by atoms with Crippen molar-refractivity contribution in [1.29, 1.82) is 0 Å². The van der Waals surface area contributed by atoms with Gasteiger partial charge in [0.1, 0.15) is 0 Å². The van der Waals surface area contributed by atoms with Crippen LogP contribution < -0.4 is 11.1 Å². The second-order valence-electron chi connectivity index (χ2n) is 6.60. The Morgan fingerprint density at radius 3 is 2.76 bits per heavy atom. The van der Waals surface area contributed by atoms with Crippen molar-refractivity contribution in [3.8, 4) is 0 Å². The first-order valence-corrected chi connectivity index (χ1v) is 10.1. The molecule has 0 saturated carbocycles. The molecular formula is C19H18ClN7OS. The number of nitrogens with two attached hydrogens (primary N) is 1. The lowest BCUT2D eigenvalue weighted by Gasteiger charge is -2.09. The largest absolute Gasteiger partial charge is 0.366 e. The van der Waals surface area contributed by atoms with Crippen LogP contribution in [0.1, 0.15) is 27.4 Å². The van der Waals surface area contributed by atoms with Gasteiger partial charge in [0.05, 0.1) is 6.42 Å². The van der Waals surface area contributed by atoms with E-state index in [1.54, 1.807) is 10.7 Å². The average Bonchev–Trinajstić information content (AvgIpc) is 3.26. The summed E-state index contributed by atoms with van der Waals surface area (Å²) in [5.74, 6) is 0.406. The molecule has 1 amide bonds. The minimum absolute atomic E-state index is 0.151. The number of fused-ring (bicyclic) bond motifs is 1. The van der Waals surface area contributed by atoms with Crippen molar-refractivity contribution in [3.63, 3.8) is 0 Å². The molecule has 148 valence electrons. The number of hydrogen-bond donors (Lipinski definition) is 2. The lowest BCUT2D eigenvalue weighted by molar-refractivity contribution is -0.115. The van der Waals surface area contributed by atoms with Crippen LogP contribution >= 0.6 is 22.9 Å². The number of amides is 1. The highest BCUT2D eigenvalue weighted by molar-refractivity contribution is 7.15. The summed E-state index contributed by atoms with van der Waals surface area (Å²) in [7, 11) is 0. The van der Waals surface area contributed by atoms with Crippen molar-refractivity contribution in [2.75, 3.05) is 11.1 Å². The van der Waals surface area contributed by atoms with Crippen molar-refractivity contribution in [2.45, 2.75) is 26.7 Å². The summed E-state index contributed by atoms with van der Waals surface area (Å²) < 4.78 is 1.55. The molecule has 0 radical (unpaired) electrons. The predicted molar refractivity (Wildman–Crippen MR) is 113 cm³/mol. The van der Waals surface area contributed by atoms with E-state index in [0.717, 1.165) is 33.8 Å². The maximum Gasteiger partial charge on any atom is 0.254 e. The van der Waals surface area contributed by atoms with Crippen LogP contribution in [0.3, 0.4) is 0 Å². The lowest BCUT2D eigenvalue weighted by atomic mass is 10.1. The fourth-order valence-corrected chi connectivity index (χ4v) is 4.04. The van der Waals surface area contributed by atoms with Gasteiger partial charge in [-0.15, -0.1) is 16.4 Å². The van der Waals surface area contributed by atoms with E-state index >= 15 is 0 Å². The maximum absolute atomic E-state index is 12.6. The van der Waals surface area contributed by atoms with Crippen LogP contribution in [-0.2, 0) is 17.6 Å². The van der Waals surface area contributed by atoms with Gasteiger partial charge in [-0.3, -0.25) is 4.79 Å². The summed E-state index contributed by atoms with van der Waals surface area (Å²) in [6, 6.07) is 7.68. The SMILES string of the molecule is Cc1nc2nc(N)nn2c(C)c1CC(=O)Nc1ncc(Cc2ccc(Cl)cc2)s1. The average molecular weight is 428 g/mol. The number of aryl methyl sites for hydroxylation is 2. The van der Waals surface area contributed by atoms with Gasteiger partial charge in [-0.2, -0.15) is 9.50 Å². The topological polar surface area (TPSA) is 111 Å². The van der Waals surface area contributed by atoms with Gasteiger partial charge in [0.25, 0.3) is 5.78 Å². The second kappa shape index (κ2) is 7.76. The van der Waals surface area contributed by atoms with Gasteiger partial charge in [-0.25, -0.2) is 9.97 Å². The molecule has 3 N–H and O–H groups in total. The summed E-state index contributed by atoms with van der Waals surface area (Å²) in [5.41, 5.74) is 9.08. The van der Waals surface area contributed by atoms with Crippen LogP contribution in [0, 0.1) is 13.8 Å². The standard InChI is InChI=1S/C19H18ClN7OS/c1-10-15(11(2)27-18(23-10)25-17(21)26-27)8-16(28)24-19-22-9-14(29-19)7-12-3-5-13(20)6-4-12/h3-6,9H,7-8H2,1-2H3,(H2,21,26)(H,22,24,28). The van der Waals surface area contributed by atoms with E-state index in [1.807, 2.05) is 38.1 Å². The Morgan fingerprint density at radius 1 is 1.24 bits per heavy atom. The molecule has 0 spiro atoms. The third-order valence-electron chi connectivity index (χ3n) is 4.49. The molecule has 0 aliphatic heterocycles. The Bertz CT molecular complexity index is 1200. The molecule has 1 aromatic carbocycles. The van der Waals surface area contributed by atoms with Crippen molar-refractivity contribution < 1.29 is 4.79 Å². The van der Waals surface area contributed by atoms with E-state index in [-0.39, 0.29) is 18.3 Å². The van der Waals surface area contributed by atoms with Crippen molar-refractivity contribution >= 4 is 45.7 Å². The Morgan fingerprint density at radius 2 is 2.00 bits per heavy atom. The van der Waals surface area contributed by atoms with Crippen LogP contribution in [0.5, 0.6) is 0 Å². The minimum atomic E-state index is -0.169. The number of benzene rings is 1. The van der Waals surface area contributed by atoms with Crippen LogP contribution in [0.25, 0.3) is 5.78 Å². The lowest BCUT2D eigenvalue weighted by Crippen LogP contribution is -2.17. The molecule has 0 saturated heterocycles. The van der Waals surface area contributed by atoms with Crippen LogP contribution in [0.4, 0.5) is 11.1 Å². The normalized spacial score (nSPS) is 11.1. The van der Waals surface area contributed by atoms with E-state index in [4.69, 9.17) is 17.3 Å². The first kappa shape index (κ1) is 19.3. The van der Waals surface area contributed by atoms with Crippen molar-refractivity contribution in [2.24, 2.45) is 0 Å². The number of rotatable bonds is 5. The zero-order valence-electron chi connectivity index (χ0n) is 15.8. The number of thiazole rings is 1. The fourth-order valence-electron chi connectivity index (χ4n) is 3.05. The molecular weight excluding hydrogens is 410 g/mol. The Labute approximate surface area is 175 Å². The molecule has 4 rings (SSSR count). The minimum Gasteiger partial charge on any atom is -0.366 e. The number of nitrogen functional groups attached to an aromatic ring is 1. The summed E-state index contributed by atoms with van der Waals surface area (Å²) in [6.07, 6.45) is 2.67. The molecule has 0 aliphatic rings. The summed E-state index contributed by atoms with van der Waals surface area (Å²) in [6.45, 7) is 3.71. The van der Waals surface area contributed by atoms with Gasteiger partial charge in [0, 0.05) is 39.5 Å². The monoisotopic (exact) mass is 427 g/mol. The number of aromatic nitrogens is 5. The van der Waals surface area contributed by atoms with Gasteiger partial charge >= 0.3 is 0 Å². The number of halogens is 1. The maximum atomic E-state index is 12.6. The highest BCUT2D eigenvalue weighted by Crippen LogP contribution is 2.23. The summed E-state index contributed by atoms with van der Waals surface area (Å²) in [5, 5.41) is 8.26. The molecule has 0 aliphatic carbocycles. The number of anilines is 2. The molecule has 29 heavy (non-hydrogen) atoms. The van der Waals surface area contributed by atoms with Gasteiger partial charge in [-0.1, -0.05) is 23.7 Å². The molecule has 3 aromatic heterocycles. The number of hydrogen-bond acceptors (Lipinski definition) is 7. The van der Waals surface area contributed by atoms with Gasteiger partial charge in [0.2, 0.25) is 11.9 Å². The molecule has 0 bridgehead atoms. The van der Waals surface area contributed by atoms with Crippen molar-refractivity contribution in [1.82, 2.24) is 24.6 Å². The molecule has 0 atom stereocenters. The number of carbonyl (C=O) groups is 1. The quantitative estimate of drug-likeness (QED) is 0.506. The van der Waals surface area contributed by atoms with Crippen LogP contribution in [0.15, 0.2) is 30.5 Å². The Balaban J connectivity index is 1.46. The second-order valence-corrected chi connectivity index (χ2v) is 8.15. The highest BCUT2D eigenvalue weighted by atomic mass is 35.5. The smallest absolute Gasteiger partial charge is 0.254 e. The summed E-state index contributed by atoms with van der Waals surface area (Å²) >= 11 is 7.37. The van der Waals surface area contributed by atoms with Crippen LogP contribution in [0.2, 0.25) is 5.02 Å². The first-order valence-electron chi connectivity index (χ1n) is 8.86. The highest BCUT2D eigenvalue weighted by Gasteiger charge is 2.16. The first-order chi connectivity index (χ1) is 13.9. The van der Waals surface area contributed by atoms with Gasteiger partial charge in [-0.05, 0) is 31.5 Å². The molecule has 0 unspecified atom stereocenters. The van der Waals surface area contributed by atoms with Crippen molar-refractivity contribution in [3.05, 3.63) is 62.9 Å². The molecule has 3 heterocycles. The third-order valence-corrected chi connectivity index (χ3v) is 5.66. The van der Waals surface area contributed by atoms with E-state index in [2.05, 4.69) is 25.4 Å². The zero-order chi connectivity index (χ0) is 20.5. The van der Waals surface area contributed by atoms with E-state index in [1.165, 1.54) is 11.3 Å². The number of carbonyl (C=O) groups excluding carboxylic acids is 1. The van der Waals surface area contributed by atoms with E-state index < -0.39 is 0 Å². The zero-order valence-corrected chi connectivity index (χ0v) is 17.4. The van der Waals surface area contributed by atoms with Crippen LogP contribution in [-0.4, -0.2) is 30.5 Å². The Kier molecular flexibility index (Phi) is 5.16. The Hall–Kier alpha value is -3.04. The van der Waals surface area contributed by atoms with E-state index in [0.29, 0.717) is 15.9 Å². The summed E-state index contributed by atoms with van der Waals surface area (Å²) in [4.78, 5) is 26.4. The molecule has 0 fully saturated rings. The molecule has 8 nitrogen and oxygen atoms in total. The van der Waals surface area contributed by atoms with E-state index in [9.17, 15) is 4.79 Å². The molecule has 4 aromatic rings. The fraction of sp³-hybridized carbons (Fsp3) is 0.211. The van der Waals surface area contributed by atoms with Gasteiger partial charge in [0.15, 0.2) is 5.13 Å². The number of nitrogens with one attached hydrogen (secondary N) is 1. The van der Waals surface area contributed by atoms with Gasteiger partial charge < -0.3 is 11.1 Å². The third kappa shape index (κ3) is 4.20. The molecule has 10 heteroatoms.